The SMILES string of the molecule is CCC(CC(=O)O)c1c(N)[nH]c2ccccc12. The van der Waals surface area contributed by atoms with E-state index < -0.39 is 5.97 Å². The average Bonchev–Trinajstić information content (AvgIpc) is 2.62. The van der Waals surface area contributed by atoms with Crippen LogP contribution >= 0.6 is 0 Å². The molecule has 4 nitrogen and oxygen atoms in total. The molecule has 1 aromatic carbocycles. The molecule has 0 aliphatic rings. The van der Waals surface area contributed by atoms with Crippen molar-refractivity contribution in [2.24, 2.45) is 0 Å². The van der Waals surface area contributed by atoms with Crippen LogP contribution in [0.1, 0.15) is 31.2 Å². The van der Waals surface area contributed by atoms with Gasteiger partial charge in [-0.2, -0.15) is 0 Å². The van der Waals surface area contributed by atoms with E-state index in [1.54, 1.807) is 0 Å². The number of benzene rings is 1. The van der Waals surface area contributed by atoms with E-state index in [2.05, 4.69) is 4.98 Å². The predicted octanol–water partition coefficient (Wildman–Crippen LogP) is 2.72. The molecule has 0 saturated heterocycles. The number of hydrogen-bond donors (Lipinski definition) is 3. The molecular weight excluding hydrogens is 216 g/mol. The van der Waals surface area contributed by atoms with Crippen molar-refractivity contribution in [1.29, 1.82) is 0 Å². The van der Waals surface area contributed by atoms with Crippen molar-refractivity contribution in [3.05, 3.63) is 29.8 Å². The first kappa shape index (κ1) is 11.5. The summed E-state index contributed by atoms with van der Waals surface area (Å²) in [4.78, 5) is 14.0. The van der Waals surface area contributed by atoms with E-state index in [4.69, 9.17) is 10.8 Å². The Morgan fingerprint density at radius 3 is 2.82 bits per heavy atom. The fraction of sp³-hybridized carbons (Fsp3) is 0.308. The molecule has 0 radical (unpaired) electrons. The Balaban J connectivity index is 2.52. The summed E-state index contributed by atoms with van der Waals surface area (Å²) >= 11 is 0. The molecule has 0 aliphatic carbocycles. The van der Waals surface area contributed by atoms with Gasteiger partial charge in [0, 0.05) is 16.5 Å². The lowest BCUT2D eigenvalue weighted by Gasteiger charge is -2.12. The number of carboxylic acids is 1. The van der Waals surface area contributed by atoms with Crippen molar-refractivity contribution >= 4 is 22.7 Å². The number of nitrogens with two attached hydrogens (primary N) is 1. The maximum absolute atomic E-state index is 10.9. The van der Waals surface area contributed by atoms with Gasteiger partial charge >= 0.3 is 5.97 Å². The molecule has 1 aromatic heterocycles. The highest BCUT2D eigenvalue weighted by Gasteiger charge is 2.20. The monoisotopic (exact) mass is 232 g/mol. The van der Waals surface area contributed by atoms with Crippen LogP contribution in [0.5, 0.6) is 0 Å². The number of para-hydroxylation sites is 1. The minimum atomic E-state index is -0.790. The van der Waals surface area contributed by atoms with Gasteiger partial charge in [0.1, 0.15) is 5.82 Å². The first-order valence-corrected chi connectivity index (χ1v) is 5.71. The largest absolute Gasteiger partial charge is 0.481 e. The molecule has 1 atom stereocenters. The average molecular weight is 232 g/mol. The van der Waals surface area contributed by atoms with Crippen molar-refractivity contribution in [2.75, 3.05) is 5.73 Å². The zero-order chi connectivity index (χ0) is 12.4. The number of nitrogens with one attached hydrogen (secondary N) is 1. The van der Waals surface area contributed by atoms with Gasteiger partial charge in [0.05, 0.1) is 6.42 Å². The zero-order valence-electron chi connectivity index (χ0n) is 9.73. The Morgan fingerprint density at radius 1 is 1.47 bits per heavy atom. The number of anilines is 1. The van der Waals surface area contributed by atoms with E-state index in [9.17, 15) is 4.79 Å². The Hall–Kier alpha value is -1.97. The number of nitrogen functional groups attached to an aromatic ring is 1. The van der Waals surface area contributed by atoms with Crippen LogP contribution in [-0.2, 0) is 4.79 Å². The smallest absolute Gasteiger partial charge is 0.303 e. The Kier molecular flexibility index (Phi) is 3.04. The summed E-state index contributed by atoms with van der Waals surface area (Å²) in [5.41, 5.74) is 7.85. The van der Waals surface area contributed by atoms with Crippen LogP contribution < -0.4 is 5.73 Å². The molecule has 2 rings (SSSR count). The normalized spacial score (nSPS) is 12.8. The number of H-pyrrole nitrogens is 1. The summed E-state index contributed by atoms with van der Waals surface area (Å²) in [6, 6.07) is 7.79. The molecule has 0 saturated carbocycles. The van der Waals surface area contributed by atoms with Gasteiger partial charge in [0.15, 0.2) is 0 Å². The molecule has 0 fully saturated rings. The fourth-order valence-corrected chi connectivity index (χ4v) is 2.29. The summed E-state index contributed by atoms with van der Waals surface area (Å²) in [6.07, 6.45) is 0.876. The maximum Gasteiger partial charge on any atom is 0.303 e. The van der Waals surface area contributed by atoms with E-state index in [0.29, 0.717) is 5.82 Å². The lowest BCUT2D eigenvalue weighted by atomic mass is 9.92. The number of carboxylic acid groups (broad SMARTS) is 1. The Bertz CT molecular complexity index is 545. The lowest BCUT2D eigenvalue weighted by molar-refractivity contribution is -0.137. The summed E-state index contributed by atoms with van der Waals surface area (Å²) < 4.78 is 0. The number of rotatable bonds is 4. The summed E-state index contributed by atoms with van der Waals surface area (Å²) in [7, 11) is 0. The Morgan fingerprint density at radius 2 is 2.18 bits per heavy atom. The van der Waals surface area contributed by atoms with Crippen molar-refractivity contribution < 1.29 is 9.90 Å². The molecule has 0 bridgehead atoms. The number of aromatic amines is 1. The van der Waals surface area contributed by atoms with Crippen molar-refractivity contribution in [3.8, 4) is 0 Å². The second-order valence-electron chi connectivity index (χ2n) is 4.20. The molecular formula is C13H16N2O2. The number of aromatic nitrogens is 1. The number of carbonyl (C=O) groups is 1. The topological polar surface area (TPSA) is 79.1 Å². The van der Waals surface area contributed by atoms with Gasteiger partial charge in [0.25, 0.3) is 0 Å². The lowest BCUT2D eigenvalue weighted by Crippen LogP contribution is -2.07. The molecule has 0 amide bonds. The first-order chi connectivity index (χ1) is 8.13. The highest BCUT2D eigenvalue weighted by molar-refractivity contribution is 5.89. The first-order valence-electron chi connectivity index (χ1n) is 5.71. The van der Waals surface area contributed by atoms with Gasteiger partial charge in [-0.1, -0.05) is 25.1 Å². The van der Waals surface area contributed by atoms with E-state index in [0.717, 1.165) is 22.9 Å². The second-order valence-corrected chi connectivity index (χ2v) is 4.20. The molecule has 2 aromatic rings. The highest BCUT2D eigenvalue weighted by atomic mass is 16.4. The molecule has 17 heavy (non-hydrogen) atoms. The predicted molar refractivity (Wildman–Crippen MR) is 68.0 cm³/mol. The van der Waals surface area contributed by atoms with Crippen LogP contribution in [0.4, 0.5) is 5.82 Å². The Labute approximate surface area is 99.4 Å². The molecule has 1 heterocycles. The van der Waals surface area contributed by atoms with Gasteiger partial charge in [0.2, 0.25) is 0 Å². The van der Waals surface area contributed by atoms with Crippen molar-refractivity contribution in [1.82, 2.24) is 4.98 Å². The third-order valence-electron chi connectivity index (χ3n) is 3.10. The van der Waals surface area contributed by atoms with Crippen LogP contribution in [0.3, 0.4) is 0 Å². The quantitative estimate of drug-likeness (QED) is 0.758. The van der Waals surface area contributed by atoms with Crippen LogP contribution in [0.15, 0.2) is 24.3 Å². The van der Waals surface area contributed by atoms with Crippen LogP contribution in [0.2, 0.25) is 0 Å². The minimum absolute atomic E-state index is 0.0383. The molecule has 1 unspecified atom stereocenters. The third kappa shape index (κ3) is 2.11. The maximum atomic E-state index is 10.9. The van der Waals surface area contributed by atoms with E-state index >= 15 is 0 Å². The van der Waals surface area contributed by atoms with Crippen LogP contribution in [-0.4, -0.2) is 16.1 Å². The van der Waals surface area contributed by atoms with E-state index in [1.165, 1.54) is 0 Å². The number of fused-ring (bicyclic) bond motifs is 1. The van der Waals surface area contributed by atoms with E-state index in [-0.39, 0.29) is 12.3 Å². The molecule has 4 N–H and O–H groups in total. The highest BCUT2D eigenvalue weighted by Crippen LogP contribution is 2.34. The van der Waals surface area contributed by atoms with Gasteiger partial charge < -0.3 is 15.8 Å². The van der Waals surface area contributed by atoms with Gasteiger partial charge in [-0.15, -0.1) is 0 Å². The summed E-state index contributed by atoms with van der Waals surface area (Å²) in [5, 5.41) is 9.95. The molecule has 0 aliphatic heterocycles. The standard InChI is InChI=1S/C13H16N2O2/c1-2-8(7-11(16)17)12-9-5-3-4-6-10(9)15-13(12)14/h3-6,8,15H,2,7,14H2,1H3,(H,16,17). The summed E-state index contributed by atoms with van der Waals surface area (Å²) in [5.74, 6) is -0.246. The van der Waals surface area contributed by atoms with Crippen LogP contribution in [0.25, 0.3) is 10.9 Å². The van der Waals surface area contributed by atoms with Crippen molar-refractivity contribution in [2.45, 2.75) is 25.7 Å². The van der Waals surface area contributed by atoms with Gasteiger partial charge in [-0.05, 0) is 18.4 Å². The third-order valence-corrected chi connectivity index (χ3v) is 3.10. The fourth-order valence-electron chi connectivity index (χ4n) is 2.29. The van der Waals surface area contributed by atoms with Gasteiger partial charge in [-0.25, -0.2) is 0 Å². The number of aliphatic carboxylic acids is 1. The summed E-state index contributed by atoms with van der Waals surface area (Å²) in [6.45, 7) is 1.98. The zero-order valence-corrected chi connectivity index (χ0v) is 9.73. The van der Waals surface area contributed by atoms with Crippen molar-refractivity contribution in [3.63, 3.8) is 0 Å². The van der Waals surface area contributed by atoms with E-state index in [1.807, 2.05) is 31.2 Å². The minimum Gasteiger partial charge on any atom is -0.481 e. The van der Waals surface area contributed by atoms with Crippen LogP contribution in [0, 0.1) is 0 Å². The molecule has 0 spiro atoms. The molecule has 90 valence electrons. The van der Waals surface area contributed by atoms with Gasteiger partial charge in [-0.3, -0.25) is 4.79 Å². The number of hydrogen-bond acceptors (Lipinski definition) is 2. The molecule has 4 heteroatoms. The second kappa shape index (κ2) is 4.49.